The second-order valence-corrected chi connectivity index (χ2v) is 5.60. The average molecular weight is 241 g/mol. The van der Waals surface area contributed by atoms with E-state index in [1.54, 1.807) is 12.1 Å². The zero-order chi connectivity index (χ0) is 12.0. The lowest BCUT2D eigenvalue weighted by Crippen LogP contribution is -2.26. The SMILES string of the molecule is CC(C)CSCC(N)Cc1cccc(F)c1. The quantitative estimate of drug-likeness (QED) is 0.828. The molecule has 0 saturated carbocycles. The zero-order valence-electron chi connectivity index (χ0n) is 9.95. The molecular formula is C13H20FNS. The first-order valence-corrected chi connectivity index (χ1v) is 6.81. The van der Waals surface area contributed by atoms with Crippen molar-refractivity contribution in [2.45, 2.75) is 26.3 Å². The fourth-order valence-electron chi connectivity index (χ4n) is 1.48. The van der Waals surface area contributed by atoms with Gasteiger partial charge >= 0.3 is 0 Å². The topological polar surface area (TPSA) is 26.0 Å². The van der Waals surface area contributed by atoms with Gasteiger partial charge in [0, 0.05) is 11.8 Å². The van der Waals surface area contributed by atoms with E-state index in [9.17, 15) is 4.39 Å². The molecule has 0 radical (unpaired) electrons. The van der Waals surface area contributed by atoms with Gasteiger partial charge in [0.25, 0.3) is 0 Å². The van der Waals surface area contributed by atoms with Crippen LogP contribution in [0.25, 0.3) is 0 Å². The molecule has 0 saturated heterocycles. The molecule has 1 nitrogen and oxygen atoms in total. The Kier molecular flexibility index (Phi) is 5.85. The molecule has 1 atom stereocenters. The number of halogens is 1. The summed E-state index contributed by atoms with van der Waals surface area (Å²) in [4.78, 5) is 0. The number of nitrogens with two attached hydrogens (primary N) is 1. The third kappa shape index (κ3) is 5.52. The summed E-state index contributed by atoms with van der Waals surface area (Å²) in [6.45, 7) is 4.40. The second-order valence-electron chi connectivity index (χ2n) is 4.53. The molecule has 0 bridgehead atoms. The van der Waals surface area contributed by atoms with E-state index in [0.717, 1.165) is 23.5 Å². The van der Waals surface area contributed by atoms with Crippen molar-refractivity contribution in [3.8, 4) is 0 Å². The Morgan fingerprint density at radius 3 is 2.69 bits per heavy atom. The van der Waals surface area contributed by atoms with Crippen LogP contribution in [0.15, 0.2) is 24.3 Å². The number of hydrogen-bond donors (Lipinski definition) is 1. The van der Waals surface area contributed by atoms with Crippen LogP contribution in [0.4, 0.5) is 4.39 Å². The van der Waals surface area contributed by atoms with Crippen LogP contribution in [0, 0.1) is 11.7 Å². The highest BCUT2D eigenvalue weighted by atomic mass is 32.2. The van der Waals surface area contributed by atoms with Gasteiger partial charge in [-0.3, -0.25) is 0 Å². The first-order valence-electron chi connectivity index (χ1n) is 5.65. The van der Waals surface area contributed by atoms with Crippen LogP contribution in [0.3, 0.4) is 0 Å². The van der Waals surface area contributed by atoms with Gasteiger partial charge in [-0.25, -0.2) is 4.39 Å². The molecule has 90 valence electrons. The van der Waals surface area contributed by atoms with E-state index in [-0.39, 0.29) is 11.9 Å². The highest BCUT2D eigenvalue weighted by Gasteiger charge is 2.05. The van der Waals surface area contributed by atoms with Crippen LogP contribution < -0.4 is 5.73 Å². The van der Waals surface area contributed by atoms with Crippen molar-refractivity contribution in [3.05, 3.63) is 35.6 Å². The van der Waals surface area contributed by atoms with Crippen LogP contribution in [-0.2, 0) is 6.42 Å². The molecule has 0 spiro atoms. The Hall–Kier alpha value is -0.540. The average Bonchev–Trinajstić information content (AvgIpc) is 2.16. The van der Waals surface area contributed by atoms with Gasteiger partial charge in [0.05, 0.1) is 0 Å². The van der Waals surface area contributed by atoms with Gasteiger partial charge < -0.3 is 5.73 Å². The highest BCUT2D eigenvalue weighted by molar-refractivity contribution is 7.99. The third-order valence-electron chi connectivity index (χ3n) is 2.17. The zero-order valence-corrected chi connectivity index (χ0v) is 10.8. The Balaban J connectivity index is 2.31. The largest absolute Gasteiger partial charge is 0.327 e. The summed E-state index contributed by atoms with van der Waals surface area (Å²) in [7, 11) is 0. The van der Waals surface area contributed by atoms with Crippen molar-refractivity contribution >= 4 is 11.8 Å². The van der Waals surface area contributed by atoms with Crippen molar-refractivity contribution in [2.24, 2.45) is 11.7 Å². The van der Waals surface area contributed by atoms with E-state index in [0.29, 0.717) is 5.92 Å². The first-order chi connectivity index (χ1) is 7.58. The Morgan fingerprint density at radius 1 is 1.31 bits per heavy atom. The summed E-state index contributed by atoms with van der Waals surface area (Å²) in [6.07, 6.45) is 0.753. The fraction of sp³-hybridized carbons (Fsp3) is 0.538. The van der Waals surface area contributed by atoms with Crippen LogP contribution in [0.5, 0.6) is 0 Å². The van der Waals surface area contributed by atoms with E-state index in [4.69, 9.17) is 5.73 Å². The minimum atomic E-state index is -0.181. The van der Waals surface area contributed by atoms with Crippen molar-refractivity contribution in [1.29, 1.82) is 0 Å². The third-order valence-corrected chi connectivity index (χ3v) is 3.74. The maximum atomic E-state index is 12.9. The van der Waals surface area contributed by atoms with Crippen molar-refractivity contribution in [3.63, 3.8) is 0 Å². The molecule has 3 heteroatoms. The molecule has 1 unspecified atom stereocenters. The van der Waals surface area contributed by atoms with Crippen molar-refractivity contribution < 1.29 is 4.39 Å². The van der Waals surface area contributed by atoms with Gasteiger partial charge in [-0.1, -0.05) is 26.0 Å². The van der Waals surface area contributed by atoms with E-state index < -0.39 is 0 Å². The smallest absolute Gasteiger partial charge is 0.123 e. The van der Waals surface area contributed by atoms with Crippen LogP contribution in [-0.4, -0.2) is 17.5 Å². The molecule has 16 heavy (non-hydrogen) atoms. The first kappa shape index (κ1) is 13.5. The van der Waals surface area contributed by atoms with Gasteiger partial charge in [-0.05, 0) is 35.8 Å². The molecule has 2 N–H and O–H groups in total. The maximum absolute atomic E-state index is 12.9. The van der Waals surface area contributed by atoms with Crippen LogP contribution in [0.1, 0.15) is 19.4 Å². The number of benzene rings is 1. The summed E-state index contributed by atoms with van der Waals surface area (Å²) in [6, 6.07) is 6.80. The fourth-order valence-corrected chi connectivity index (χ4v) is 2.51. The number of hydrogen-bond acceptors (Lipinski definition) is 2. The highest BCUT2D eigenvalue weighted by Crippen LogP contribution is 2.11. The molecule has 0 aromatic heterocycles. The molecule has 0 heterocycles. The van der Waals surface area contributed by atoms with Gasteiger partial charge in [-0.15, -0.1) is 0 Å². The van der Waals surface area contributed by atoms with Gasteiger partial charge in [0.15, 0.2) is 0 Å². The van der Waals surface area contributed by atoms with Crippen LogP contribution in [0.2, 0.25) is 0 Å². The second kappa shape index (κ2) is 6.92. The lowest BCUT2D eigenvalue weighted by molar-refractivity contribution is 0.623. The van der Waals surface area contributed by atoms with Gasteiger partial charge in [0.1, 0.15) is 5.82 Å². The predicted octanol–water partition coefficient (Wildman–Crippen LogP) is 3.08. The number of rotatable bonds is 6. The predicted molar refractivity (Wildman–Crippen MR) is 70.2 cm³/mol. The normalized spacial score (nSPS) is 13.1. The molecule has 0 fully saturated rings. The molecule has 0 aliphatic heterocycles. The summed E-state index contributed by atoms with van der Waals surface area (Å²) < 4.78 is 12.9. The van der Waals surface area contributed by atoms with Crippen molar-refractivity contribution in [1.82, 2.24) is 0 Å². The lowest BCUT2D eigenvalue weighted by Gasteiger charge is -2.12. The van der Waals surface area contributed by atoms with E-state index in [2.05, 4.69) is 13.8 Å². The molecule has 1 aromatic carbocycles. The summed E-state index contributed by atoms with van der Waals surface area (Å²) in [5.41, 5.74) is 6.98. The minimum Gasteiger partial charge on any atom is -0.327 e. The number of thioether (sulfide) groups is 1. The molecule has 1 aromatic rings. The monoisotopic (exact) mass is 241 g/mol. The van der Waals surface area contributed by atoms with Crippen molar-refractivity contribution in [2.75, 3.05) is 11.5 Å². The molecule has 1 rings (SSSR count). The summed E-state index contributed by atoms with van der Waals surface area (Å²) in [5, 5.41) is 0. The standard InChI is InChI=1S/C13H20FNS/c1-10(2)8-16-9-13(15)7-11-4-3-5-12(14)6-11/h3-6,10,13H,7-9,15H2,1-2H3. The molecular weight excluding hydrogens is 221 g/mol. The van der Waals surface area contributed by atoms with Crippen LogP contribution >= 0.6 is 11.8 Å². The Bertz CT molecular complexity index is 315. The van der Waals surface area contributed by atoms with E-state index in [1.165, 1.54) is 6.07 Å². The lowest BCUT2D eigenvalue weighted by atomic mass is 10.1. The molecule has 0 amide bonds. The minimum absolute atomic E-state index is 0.116. The Morgan fingerprint density at radius 2 is 2.06 bits per heavy atom. The van der Waals surface area contributed by atoms with Gasteiger partial charge in [-0.2, -0.15) is 11.8 Å². The molecule has 0 aliphatic rings. The maximum Gasteiger partial charge on any atom is 0.123 e. The van der Waals surface area contributed by atoms with E-state index in [1.807, 2.05) is 17.8 Å². The van der Waals surface area contributed by atoms with E-state index >= 15 is 0 Å². The summed E-state index contributed by atoms with van der Waals surface area (Å²) >= 11 is 1.87. The summed E-state index contributed by atoms with van der Waals surface area (Å²) in [5.74, 6) is 2.59. The Labute approximate surface area is 102 Å². The molecule has 0 aliphatic carbocycles. The van der Waals surface area contributed by atoms with Gasteiger partial charge in [0.2, 0.25) is 0 Å².